The monoisotopic (exact) mass is 332 g/mol. The highest BCUT2D eigenvalue weighted by Gasteiger charge is 2.11. The van der Waals surface area contributed by atoms with E-state index in [-0.39, 0.29) is 11.3 Å². The Balaban J connectivity index is 1.80. The smallest absolute Gasteiger partial charge is 0.266 e. The predicted octanol–water partition coefficient (Wildman–Crippen LogP) is 4.63. The van der Waals surface area contributed by atoms with E-state index in [0.717, 1.165) is 5.56 Å². The molecule has 0 aliphatic carbocycles. The first kappa shape index (κ1) is 16.2. The van der Waals surface area contributed by atoms with Gasteiger partial charge in [0, 0.05) is 17.3 Å². The van der Waals surface area contributed by atoms with E-state index in [9.17, 15) is 14.4 Å². The van der Waals surface area contributed by atoms with Crippen molar-refractivity contribution >= 4 is 17.7 Å². The van der Waals surface area contributed by atoms with Gasteiger partial charge in [0.05, 0.1) is 0 Å². The average molecular weight is 332 g/mol. The molecule has 0 saturated heterocycles. The van der Waals surface area contributed by atoms with Crippen LogP contribution >= 0.6 is 0 Å². The first-order valence-electron chi connectivity index (χ1n) is 7.50. The van der Waals surface area contributed by atoms with Crippen LogP contribution in [-0.4, -0.2) is 5.91 Å². The van der Waals surface area contributed by atoms with Gasteiger partial charge in [-0.15, -0.1) is 0 Å². The van der Waals surface area contributed by atoms with Crippen molar-refractivity contribution in [3.05, 3.63) is 83.9 Å². The number of benzene rings is 2. The van der Waals surface area contributed by atoms with E-state index in [2.05, 4.69) is 5.32 Å². The van der Waals surface area contributed by atoms with Crippen LogP contribution in [-0.2, 0) is 4.79 Å². The van der Waals surface area contributed by atoms with E-state index in [1.165, 1.54) is 30.3 Å². The number of nitrogens with one attached hydrogen (secondary N) is 1. The molecule has 0 radical (unpaired) electrons. The molecule has 1 heterocycles. The van der Waals surface area contributed by atoms with Crippen molar-refractivity contribution in [2.75, 3.05) is 5.32 Å². The van der Waals surface area contributed by atoms with Crippen molar-refractivity contribution in [3.8, 4) is 17.4 Å². The van der Waals surface area contributed by atoms with Crippen LogP contribution in [0.1, 0.15) is 5.76 Å². The normalized spacial score (nSPS) is 11.0. The minimum absolute atomic E-state index is 0.141. The quantitative estimate of drug-likeness (QED) is 0.559. The van der Waals surface area contributed by atoms with E-state index >= 15 is 0 Å². The third kappa shape index (κ3) is 4.01. The van der Waals surface area contributed by atoms with Crippen molar-refractivity contribution in [2.45, 2.75) is 0 Å². The SMILES string of the molecule is N#C/C(=C\c1ccc(-c2ccccc2)o1)C(=O)Nc1cccc(F)c1. The van der Waals surface area contributed by atoms with Crippen molar-refractivity contribution in [1.29, 1.82) is 5.26 Å². The second-order valence-electron chi connectivity index (χ2n) is 5.20. The van der Waals surface area contributed by atoms with Gasteiger partial charge in [0.2, 0.25) is 0 Å². The number of halogens is 1. The van der Waals surface area contributed by atoms with Crippen LogP contribution < -0.4 is 5.32 Å². The molecule has 0 atom stereocenters. The first-order valence-corrected chi connectivity index (χ1v) is 7.50. The zero-order chi connectivity index (χ0) is 17.6. The highest BCUT2D eigenvalue weighted by Crippen LogP contribution is 2.23. The summed E-state index contributed by atoms with van der Waals surface area (Å²) in [7, 11) is 0. The largest absolute Gasteiger partial charge is 0.457 e. The summed E-state index contributed by atoms with van der Waals surface area (Å²) in [6.45, 7) is 0. The van der Waals surface area contributed by atoms with Gasteiger partial charge in [-0.1, -0.05) is 36.4 Å². The highest BCUT2D eigenvalue weighted by atomic mass is 19.1. The lowest BCUT2D eigenvalue weighted by molar-refractivity contribution is -0.112. The van der Waals surface area contributed by atoms with Gasteiger partial charge < -0.3 is 9.73 Å². The summed E-state index contributed by atoms with van der Waals surface area (Å²) < 4.78 is 18.8. The molecular weight excluding hydrogens is 319 g/mol. The minimum atomic E-state index is -0.634. The molecule has 0 saturated carbocycles. The highest BCUT2D eigenvalue weighted by molar-refractivity contribution is 6.09. The van der Waals surface area contributed by atoms with Crippen molar-refractivity contribution < 1.29 is 13.6 Å². The van der Waals surface area contributed by atoms with Crippen LogP contribution in [0.3, 0.4) is 0 Å². The Kier molecular flexibility index (Phi) is 4.72. The Morgan fingerprint density at radius 3 is 2.60 bits per heavy atom. The third-order valence-corrected chi connectivity index (χ3v) is 3.42. The zero-order valence-electron chi connectivity index (χ0n) is 13.1. The Morgan fingerprint density at radius 1 is 1.08 bits per heavy atom. The maximum absolute atomic E-state index is 13.2. The molecular formula is C20H13FN2O2. The molecule has 2 aromatic carbocycles. The molecule has 0 aliphatic rings. The molecule has 25 heavy (non-hydrogen) atoms. The van der Waals surface area contributed by atoms with E-state index in [1.807, 2.05) is 36.4 Å². The number of hydrogen-bond donors (Lipinski definition) is 1. The van der Waals surface area contributed by atoms with Crippen molar-refractivity contribution in [2.24, 2.45) is 0 Å². The fourth-order valence-corrected chi connectivity index (χ4v) is 2.24. The topological polar surface area (TPSA) is 66.0 Å². The maximum Gasteiger partial charge on any atom is 0.266 e. The zero-order valence-corrected chi connectivity index (χ0v) is 13.1. The molecule has 0 spiro atoms. The Bertz CT molecular complexity index is 969. The van der Waals surface area contributed by atoms with Gasteiger partial charge in [0.1, 0.15) is 29.0 Å². The second kappa shape index (κ2) is 7.28. The van der Waals surface area contributed by atoms with Crippen molar-refractivity contribution in [3.63, 3.8) is 0 Å². The number of nitriles is 1. The standard InChI is InChI=1S/C20H13FN2O2/c21-16-7-4-8-17(12-16)23-20(24)15(13-22)11-18-9-10-19(25-18)14-5-2-1-3-6-14/h1-12H,(H,23,24)/b15-11+. The lowest BCUT2D eigenvalue weighted by Gasteiger charge is -2.03. The molecule has 122 valence electrons. The predicted molar refractivity (Wildman–Crippen MR) is 92.8 cm³/mol. The number of nitrogens with zero attached hydrogens (tertiary/aromatic N) is 1. The van der Waals surface area contributed by atoms with Crippen molar-refractivity contribution in [1.82, 2.24) is 0 Å². The number of rotatable bonds is 4. The molecule has 0 fully saturated rings. The van der Waals surface area contributed by atoms with Gasteiger partial charge in [0.25, 0.3) is 5.91 Å². The maximum atomic E-state index is 13.2. The summed E-state index contributed by atoms with van der Waals surface area (Å²) in [4.78, 5) is 12.2. The number of hydrogen-bond acceptors (Lipinski definition) is 3. The molecule has 4 nitrogen and oxygen atoms in total. The Labute approximate surface area is 143 Å². The van der Waals surface area contributed by atoms with E-state index in [1.54, 1.807) is 12.1 Å². The van der Waals surface area contributed by atoms with Crippen LogP contribution in [0.15, 0.2) is 76.7 Å². The number of carbonyl (C=O) groups excluding carboxylic acids is 1. The van der Waals surface area contributed by atoms with E-state index in [4.69, 9.17) is 4.42 Å². The number of carbonyl (C=O) groups is 1. The number of amides is 1. The Hall–Kier alpha value is -3.65. The molecule has 3 aromatic rings. The van der Waals surface area contributed by atoms with Gasteiger partial charge in [-0.3, -0.25) is 4.79 Å². The summed E-state index contributed by atoms with van der Waals surface area (Å²) in [5.74, 6) is -0.0935. The minimum Gasteiger partial charge on any atom is -0.457 e. The number of furan rings is 1. The number of anilines is 1. The van der Waals surface area contributed by atoms with E-state index in [0.29, 0.717) is 11.5 Å². The molecule has 1 amide bonds. The first-order chi connectivity index (χ1) is 12.2. The Morgan fingerprint density at radius 2 is 1.88 bits per heavy atom. The second-order valence-corrected chi connectivity index (χ2v) is 5.20. The van der Waals surface area contributed by atoms with Gasteiger partial charge in [0.15, 0.2) is 0 Å². The fourth-order valence-electron chi connectivity index (χ4n) is 2.24. The van der Waals surface area contributed by atoms with E-state index < -0.39 is 11.7 Å². The van der Waals surface area contributed by atoms with Gasteiger partial charge >= 0.3 is 0 Å². The van der Waals surface area contributed by atoms with Crippen LogP contribution in [0.4, 0.5) is 10.1 Å². The van der Waals surface area contributed by atoms with Gasteiger partial charge in [-0.25, -0.2) is 4.39 Å². The lowest BCUT2D eigenvalue weighted by Crippen LogP contribution is -2.13. The molecule has 1 aromatic heterocycles. The summed E-state index contributed by atoms with van der Waals surface area (Å²) in [6.07, 6.45) is 1.35. The molecule has 0 unspecified atom stereocenters. The van der Waals surface area contributed by atoms with Crippen LogP contribution in [0.2, 0.25) is 0 Å². The molecule has 1 N–H and O–H groups in total. The lowest BCUT2D eigenvalue weighted by atomic mass is 10.2. The average Bonchev–Trinajstić information content (AvgIpc) is 3.09. The van der Waals surface area contributed by atoms with Gasteiger partial charge in [-0.2, -0.15) is 5.26 Å². The summed E-state index contributed by atoms with van der Waals surface area (Å²) in [5.41, 5.74) is 1.03. The molecule has 5 heteroatoms. The third-order valence-electron chi connectivity index (χ3n) is 3.42. The summed E-state index contributed by atoms with van der Waals surface area (Å²) in [6, 6.07) is 20.2. The molecule has 3 rings (SSSR count). The van der Waals surface area contributed by atoms with Crippen LogP contribution in [0.25, 0.3) is 17.4 Å². The van der Waals surface area contributed by atoms with Crippen LogP contribution in [0, 0.1) is 17.1 Å². The molecule has 0 aliphatic heterocycles. The molecule has 0 bridgehead atoms. The fraction of sp³-hybridized carbons (Fsp3) is 0. The summed E-state index contributed by atoms with van der Waals surface area (Å²) in [5, 5.41) is 11.7. The van der Waals surface area contributed by atoms with Gasteiger partial charge in [-0.05, 0) is 30.3 Å². The van der Waals surface area contributed by atoms with Crippen LogP contribution in [0.5, 0.6) is 0 Å². The summed E-state index contributed by atoms with van der Waals surface area (Å²) >= 11 is 0.